The average Bonchev–Trinajstić information content (AvgIpc) is 2.86. The summed E-state index contributed by atoms with van der Waals surface area (Å²) in [6.45, 7) is 3.28. The van der Waals surface area contributed by atoms with E-state index in [-0.39, 0.29) is 12.7 Å². The lowest BCUT2D eigenvalue weighted by Gasteiger charge is -2.37. The van der Waals surface area contributed by atoms with Crippen LogP contribution in [0.5, 0.6) is 0 Å². The monoisotopic (exact) mass is 247 g/mol. The zero-order chi connectivity index (χ0) is 12.5. The molecule has 1 saturated heterocycles. The molecule has 2 aliphatic heterocycles. The highest BCUT2D eigenvalue weighted by atomic mass is 16.5. The number of hydrogen-bond acceptors (Lipinski definition) is 3. The van der Waals surface area contributed by atoms with Crippen molar-refractivity contribution in [3.05, 3.63) is 29.3 Å². The van der Waals surface area contributed by atoms with Crippen LogP contribution in [-0.4, -0.2) is 24.4 Å². The van der Waals surface area contributed by atoms with Crippen molar-refractivity contribution in [2.45, 2.75) is 38.3 Å². The van der Waals surface area contributed by atoms with E-state index in [1.54, 1.807) is 0 Å². The van der Waals surface area contributed by atoms with Crippen molar-refractivity contribution in [2.24, 2.45) is 5.92 Å². The molecule has 0 saturated carbocycles. The Bertz CT molecular complexity index is 433. The van der Waals surface area contributed by atoms with Gasteiger partial charge in [-0.1, -0.05) is 18.2 Å². The maximum Gasteiger partial charge on any atom is 0.0893 e. The maximum atomic E-state index is 9.03. The summed E-state index contributed by atoms with van der Waals surface area (Å²) in [7, 11) is 0. The Kier molecular flexibility index (Phi) is 3.27. The lowest BCUT2D eigenvalue weighted by Crippen LogP contribution is -2.36. The molecule has 3 heteroatoms. The van der Waals surface area contributed by atoms with Crippen molar-refractivity contribution >= 4 is 5.69 Å². The maximum absolute atomic E-state index is 9.03. The van der Waals surface area contributed by atoms with Gasteiger partial charge in [-0.25, -0.2) is 0 Å². The number of aliphatic hydroxyl groups excluding tert-OH is 1. The van der Waals surface area contributed by atoms with Gasteiger partial charge in [0.2, 0.25) is 0 Å². The summed E-state index contributed by atoms with van der Waals surface area (Å²) in [6, 6.07) is 6.88. The highest BCUT2D eigenvalue weighted by Gasteiger charge is 2.40. The summed E-state index contributed by atoms with van der Waals surface area (Å²) in [5.41, 5.74) is 3.86. The predicted octanol–water partition coefficient (Wildman–Crippen LogP) is 2.64. The molecular formula is C15H21NO2. The SMILES string of the molecule is Cc1cccc2c1N[C@H](CCCO)[C@H]1CCO[C@@H]21. The molecule has 0 radical (unpaired) electrons. The third-order valence-corrected chi connectivity index (χ3v) is 4.27. The van der Waals surface area contributed by atoms with E-state index in [2.05, 4.69) is 30.4 Å². The van der Waals surface area contributed by atoms with Crippen molar-refractivity contribution in [2.75, 3.05) is 18.5 Å². The minimum absolute atomic E-state index is 0.254. The van der Waals surface area contributed by atoms with Crippen LogP contribution in [0.2, 0.25) is 0 Å². The summed E-state index contributed by atoms with van der Waals surface area (Å²) in [4.78, 5) is 0. The van der Waals surface area contributed by atoms with E-state index >= 15 is 0 Å². The molecule has 0 bridgehead atoms. The van der Waals surface area contributed by atoms with Crippen molar-refractivity contribution < 1.29 is 9.84 Å². The van der Waals surface area contributed by atoms with Gasteiger partial charge in [0, 0.05) is 36.4 Å². The number of fused-ring (bicyclic) bond motifs is 3. The van der Waals surface area contributed by atoms with Gasteiger partial charge in [0.15, 0.2) is 0 Å². The Morgan fingerprint density at radius 2 is 2.33 bits per heavy atom. The minimum Gasteiger partial charge on any atom is -0.396 e. The second-order valence-corrected chi connectivity index (χ2v) is 5.40. The summed E-state index contributed by atoms with van der Waals surface area (Å²) in [6.07, 6.45) is 3.27. The van der Waals surface area contributed by atoms with Crippen molar-refractivity contribution in [3.63, 3.8) is 0 Å². The second-order valence-electron chi connectivity index (χ2n) is 5.40. The summed E-state index contributed by atoms with van der Waals surface area (Å²) in [5.74, 6) is 0.561. The first-order valence-corrected chi connectivity index (χ1v) is 6.90. The van der Waals surface area contributed by atoms with Crippen LogP contribution < -0.4 is 5.32 Å². The largest absolute Gasteiger partial charge is 0.396 e. The fourth-order valence-electron chi connectivity index (χ4n) is 3.35. The molecule has 98 valence electrons. The molecule has 0 aliphatic carbocycles. The first kappa shape index (κ1) is 12.0. The van der Waals surface area contributed by atoms with Crippen LogP contribution in [0.4, 0.5) is 5.69 Å². The number of rotatable bonds is 3. The fourth-order valence-corrected chi connectivity index (χ4v) is 3.35. The number of para-hydroxylation sites is 1. The third kappa shape index (κ3) is 1.91. The Hall–Kier alpha value is -1.06. The zero-order valence-corrected chi connectivity index (χ0v) is 10.9. The van der Waals surface area contributed by atoms with Crippen LogP contribution >= 0.6 is 0 Å². The van der Waals surface area contributed by atoms with E-state index in [4.69, 9.17) is 9.84 Å². The number of anilines is 1. The number of ether oxygens (including phenoxy) is 1. The average molecular weight is 247 g/mol. The van der Waals surface area contributed by atoms with Crippen LogP contribution in [0.25, 0.3) is 0 Å². The topological polar surface area (TPSA) is 41.5 Å². The van der Waals surface area contributed by atoms with Gasteiger partial charge in [-0.2, -0.15) is 0 Å². The van der Waals surface area contributed by atoms with Crippen LogP contribution in [0.1, 0.15) is 36.5 Å². The van der Waals surface area contributed by atoms with Gasteiger partial charge < -0.3 is 15.2 Å². The Morgan fingerprint density at radius 1 is 1.44 bits per heavy atom. The van der Waals surface area contributed by atoms with Gasteiger partial charge in [-0.3, -0.25) is 0 Å². The zero-order valence-electron chi connectivity index (χ0n) is 10.9. The van der Waals surface area contributed by atoms with Crippen LogP contribution in [0.3, 0.4) is 0 Å². The minimum atomic E-state index is 0.254. The van der Waals surface area contributed by atoms with Crippen LogP contribution in [0, 0.1) is 12.8 Å². The van der Waals surface area contributed by atoms with Gasteiger partial charge in [0.25, 0.3) is 0 Å². The smallest absolute Gasteiger partial charge is 0.0893 e. The fraction of sp³-hybridized carbons (Fsp3) is 0.600. The molecule has 2 aliphatic rings. The number of aryl methyl sites for hydroxylation is 1. The molecule has 0 spiro atoms. The first-order chi connectivity index (χ1) is 8.81. The molecule has 2 heterocycles. The van der Waals surface area contributed by atoms with E-state index in [1.807, 2.05) is 0 Å². The molecule has 1 aromatic carbocycles. The molecule has 1 fully saturated rings. The number of aliphatic hydroxyl groups is 1. The number of nitrogens with one attached hydrogen (secondary N) is 1. The van der Waals surface area contributed by atoms with E-state index < -0.39 is 0 Å². The van der Waals surface area contributed by atoms with E-state index in [0.717, 1.165) is 25.9 Å². The normalized spacial score (nSPS) is 29.6. The highest BCUT2D eigenvalue weighted by molar-refractivity contribution is 5.61. The molecular weight excluding hydrogens is 226 g/mol. The Morgan fingerprint density at radius 3 is 3.17 bits per heavy atom. The molecule has 3 rings (SSSR count). The van der Waals surface area contributed by atoms with Crippen LogP contribution in [0.15, 0.2) is 18.2 Å². The van der Waals surface area contributed by atoms with Crippen molar-refractivity contribution in [1.82, 2.24) is 0 Å². The van der Waals surface area contributed by atoms with E-state index in [9.17, 15) is 0 Å². The molecule has 2 N–H and O–H groups in total. The lowest BCUT2D eigenvalue weighted by atomic mass is 9.81. The molecule has 0 aromatic heterocycles. The lowest BCUT2D eigenvalue weighted by molar-refractivity contribution is 0.0813. The van der Waals surface area contributed by atoms with Gasteiger partial charge in [-0.15, -0.1) is 0 Å². The first-order valence-electron chi connectivity index (χ1n) is 6.90. The summed E-state index contributed by atoms with van der Waals surface area (Å²) < 4.78 is 5.95. The third-order valence-electron chi connectivity index (χ3n) is 4.27. The van der Waals surface area contributed by atoms with Gasteiger partial charge in [0.05, 0.1) is 6.10 Å². The second kappa shape index (κ2) is 4.90. The molecule has 18 heavy (non-hydrogen) atoms. The van der Waals surface area contributed by atoms with E-state index in [1.165, 1.54) is 16.8 Å². The standard InChI is InChI=1S/C15H21NO2/c1-10-4-2-5-12-14(10)16-13(6-3-8-17)11-7-9-18-15(11)12/h2,4-5,11,13,15-17H,3,6-9H2,1H3/t11-,13-,15-/m1/s1. The summed E-state index contributed by atoms with van der Waals surface area (Å²) in [5, 5.41) is 12.7. The number of benzene rings is 1. The van der Waals surface area contributed by atoms with Gasteiger partial charge >= 0.3 is 0 Å². The van der Waals surface area contributed by atoms with Gasteiger partial charge in [-0.05, 0) is 31.7 Å². The Labute approximate surface area is 108 Å². The Balaban J connectivity index is 1.92. The highest BCUT2D eigenvalue weighted by Crippen LogP contribution is 2.46. The number of hydrogen-bond donors (Lipinski definition) is 2. The van der Waals surface area contributed by atoms with Crippen LogP contribution in [-0.2, 0) is 4.74 Å². The van der Waals surface area contributed by atoms with E-state index in [0.29, 0.717) is 12.0 Å². The molecule has 3 nitrogen and oxygen atoms in total. The molecule has 0 unspecified atom stereocenters. The summed E-state index contributed by atoms with van der Waals surface area (Å²) >= 11 is 0. The predicted molar refractivity (Wildman–Crippen MR) is 71.7 cm³/mol. The molecule has 1 aromatic rings. The quantitative estimate of drug-likeness (QED) is 0.862. The van der Waals surface area contributed by atoms with Gasteiger partial charge in [0.1, 0.15) is 0 Å². The molecule has 3 atom stereocenters. The molecule has 0 amide bonds. The van der Waals surface area contributed by atoms with Crippen molar-refractivity contribution in [3.8, 4) is 0 Å². The van der Waals surface area contributed by atoms with Crippen molar-refractivity contribution in [1.29, 1.82) is 0 Å².